The van der Waals surface area contributed by atoms with Gasteiger partial charge in [0.2, 0.25) is 0 Å². The maximum absolute atomic E-state index is 11.4. The van der Waals surface area contributed by atoms with Crippen molar-refractivity contribution in [2.75, 3.05) is 7.11 Å². The zero-order chi connectivity index (χ0) is 11.1. The lowest BCUT2D eigenvalue weighted by Gasteiger charge is -2.23. The van der Waals surface area contributed by atoms with Gasteiger partial charge in [0.05, 0.1) is 7.11 Å². The van der Waals surface area contributed by atoms with Gasteiger partial charge in [-0.25, -0.2) is 0 Å². The minimum Gasteiger partial charge on any atom is -0.497 e. The Hall–Kier alpha value is -1.57. The monoisotopic (exact) mass is 214 g/mol. The third-order valence-corrected chi connectivity index (χ3v) is 3.59. The molecule has 0 aromatic heterocycles. The molecule has 2 nitrogen and oxygen atoms in total. The van der Waals surface area contributed by atoms with E-state index in [1.54, 1.807) is 7.11 Å². The van der Waals surface area contributed by atoms with Crippen LogP contribution in [0.4, 0.5) is 0 Å². The van der Waals surface area contributed by atoms with Gasteiger partial charge in [-0.15, -0.1) is 0 Å². The van der Waals surface area contributed by atoms with E-state index < -0.39 is 0 Å². The Balaban J connectivity index is 2.09. The van der Waals surface area contributed by atoms with Crippen molar-refractivity contribution in [3.8, 4) is 5.75 Å². The van der Waals surface area contributed by atoms with Crippen molar-refractivity contribution in [2.24, 2.45) is 5.92 Å². The van der Waals surface area contributed by atoms with E-state index in [0.29, 0.717) is 12.3 Å². The number of allylic oxidation sites excluding steroid dienone is 2. The molecule has 3 rings (SSSR count). The molecule has 0 amide bonds. The van der Waals surface area contributed by atoms with Crippen LogP contribution in [-0.4, -0.2) is 12.9 Å². The number of hydrogen-bond donors (Lipinski definition) is 0. The Morgan fingerprint density at radius 2 is 2.25 bits per heavy atom. The average molecular weight is 214 g/mol. The number of ketones is 1. The average Bonchev–Trinajstić information content (AvgIpc) is 2.69. The highest BCUT2D eigenvalue weighted by molar-refractivity contribution is 6.03. The van der Waals surface area contributed by atoms with Gasteiger partial charge in [0.1, 0.15) is 5.75 Å². The fraction of sp³-hybridized carbons (Fsp3) is 0.357. The molecule has 0 spiro atoms. The molecule has 0 fully saturated rings. The number of ether oxygens (including phenoxy) is 1. The Morgan fingerprint density at radius 3 is 3.06 bits per heavy atom. The lowest BCUT2D eigenvalue weighted by atomic mass is 9.81. The minimum atomic E-state index is 0.281. The van der Waals surface area contributed by atoms with Gasteiger partial charge >= 0.3 is 0 Å². The van der Waals surface area contributed by atoms with Gasteiger partial charge in [0.15, 0.2) is 5.78 Å². The summed E-state index contributed by atoms with van der Waals surface area (Å²) in [4.78, 5) is 11.4. The number of fused-ring (bicyclic) bond motifs is 3. The van der Waals surface area contributed by atoms with Gasteiger partial charge in [-0.2, -0.15) is 0 Å². The summed E-state index contributed by atoms with van der Waals surface area (Å²) < 4.78 is 5.23. The van der Waals surface area contributed by atoms with E-state index in [0.717, 1.165) is 18.6 Å². The molecule has 0 saturated carbocycles. The molecule has 16 heavy (non-hydrogen) atoms. The Labute approximate surface area is 94.9 Å². The molecular weight excluding hydrogens is 200 g/mol. The molecule has 2 aliphatic rings. The maximum atomic E-state index is 11.4. The lowest BCUT2D eigenvalue weighted by molar-refractivity contribution is -0.114. The molecule has 2 heteroatoms. The van der Waals surface area contributed by atoms with Crippen LogP contribution in [0.25, 0.3) is 5.57 Å². The van der Waals surface area contributed by atoms with Crippen molar-refractivity contribution in [3.05, 3.63) is 35.4 Å². The van der Waals surface area contributed by atoms with Crippen LogP contribution < -0.4 is 4.74 Å². The molecule has 1 aromatic carbocycles. The number of hydrogen-bond acceptors (Lipinski definition) is 2. The van der Waals surface area contributed by atoms with Crippen LogP contribution in [0.3, 0.4) is 0 Å². The summed E-state index contributed by atoms with van der Waals surface area (Å²) in [5, 5.41) is 0. The summed E-state index contributed by atoms with van der Waals surface area (Å²) in [5.74, 6) is 1.65. The molecule has 1 atom stereocenters. The Bertz CT molecular complexity index is 486. The first kappa shape index (κ1) is 9.64. The van der Waals surface area contributed by atoms with Crippen LogP contribution in [0.5, 0.6) is 5.75 Å². The number of carbonyl (C=O) groups excluding carboxylic acids is 1. The summed E-state index contributed by atoms with van der Waals surface area (Å²) in [7, 11) is 1.69. The predicted octanol–water partition coefficient (Wildman–Crippen LogP) is 2.61. The fourth-order valence-electron chi connectivity index (χ4n) is 2.77. The molecular formula is C14H14O2. The van der Waals surface area contributed by atoms with E-state index in [-0.39, 0.29) is 5.78 Å². The fourth-order valence-corrected chi connectivity index (χ4v) is 2.77. The summed E-state index contributed by atoms with van der Waals surface area (Å²) in [6, 6.07) is 6.16. The first-order valence-corrected chi connectivity index (χ1v) is 5.69. The van der Waals surface area contributed by atoms with Crippen LogP contribution in [0.1, 0.15) is 24.0 Å². The van der Waals surface area contributed by atoms with Gasteiger partial charge in [-0.05, 0) is 53.7 Å². The van der Waals surface area contributed by atoms with Crippen molar-refractivity contribution in [3.63, 3.8) is 0 Å². The third kappa shape index (κ3) is 1.37. The molecule has 0 bridgehead atoms. The number of aryl methyl sites for hydroxylation is 1. The van der Waals surface area contributed by atoms with E-state index in [9.17, 15) is 4.79 Å². The van der Waals surface area contributed by atoms with Crippen LogP contribution in [0, 0.1) is 5.92 Å². The van der Waals surface area contributed by atoms with Gasteiger partial charge in [0.25, 0.3) is 0 Å². The topological polar surface area (TPSA) is 26.3 Å². The van der Waals surface area contributed by atoms with Gasteiger partial charge < -0.3 is 4.74 Å². The normalized spacial score (nSPS) is 22.4. The molecule has 1 aromatic rings. The van der Waals surface area contributed by atoms with Crippen molar-refractivity contribution < 1.29 is 9.53 Å². The zero-order valence-corrected chi connectivity index (χ0v) is 9.32. The summed E-state index contributed by atoms with van der Waals surface area (Å²) in [6.07, 6.45) is 4.69. The van der Waals surface area contributed by atoms with Crippen LogP contribution in [-0.2, 0) is 11.2 Å². The van der Waals surface area contributed by atoms with Crippen molar-refractivity contribution in [1.82, 2.24) is 0 Å². The van der Waals surface area contributed by atoms with Gasteiger partial charge in [-0.3, -0.25) is 4.79 Å². The van der Waals surface area contributed by atoms with Crippen molar-refractivity contribution >= 4 is 11.4 Å². The van der Waals surface area contributed by atoms with E-state index in [4.69, 9.17) is 4.74 Å². The molecule has 0 N–H and O–H groups in total. The Morgan fingerprint density at radius 1 is 1.38 bits per heavy atom. The molecule has 0 aliphatic heterocycles. The summed E-state index contributed by atoms with van der Waals surface area (Å²) >= 11 is 0. The van der Waals surface area contributed by atoms with E-state index in [1.807, 2.05) is 12.1 Å². The highest BCUT2D eigenvalue weighted by atomic mass is 16.5. The summed E-state index contributed by atoms with van der Waals surface area (Å²) in [5.41, 5.74) is 3.81. The second-order valence-electron chi connectivity index (χ2n) is 4.53. The smallest absolute Gasteiger partial charge is 0.156 e. The van der Waals surface area contributed by atoms with Crippen molar-refractivity contribution in [2.45, 2.75) is 19.3 Å². The third-order valence-electron chi connectivity index (χ3n) is 3.59. The van der Waals surface area contributed by atoms with Crippen molar-refractivity contribution in [1.29, 1.82) is 0 Å². The maximum Gasteiger partial charge on any atom is 0.156 e. The van der Waals surface area contributed by atoms with Crippen LogP contribution in [0.2, 0.25) is 0 Å². The lowest BCUT2D eigenvalue weighted by Crippen LogP contribution is -2.10. The van der Waals surface area contributed by atoms with Crippen LogP contribution >= 0.6 is 0 Å². The van der Waals surface area contributed by atoms with E-state index >= 15 is 0 Å². The molecule has 0 saturated heterocycles. The first-order chi connectivity index (χ1) is 7.78. The van der Waals surface area contributed by atoms with Crippen LogP contribution in [0.15, 0.2) is 24.3 Å². The number of carbonyl (C=O) groups is 1. The first-order valence-electron chi connectivity index (χ1n) is 5.69. The molecule has 82 valence electrons. The number of methoxy groups -OCH3 is 1. The second kappa shape index (κ2) is 3.48. The highest BCUT2D eigenvalue weighted by Crippen LogP contribution is 2.41. The predicted molar refractivity (Wildman–Crippen MR) is 62.4 cm³/mol. The molecule has 2 aliphatic carbocycles. The molecule has 0 unspecified atom stereocenters. The molecule has 0 radical (unpaired) electrons. The van der Waals surface area contributed by atoms with E-state index in [1.165, 1.54) is 16.7 Å². The Kier molecular flexibility index (Phi) is 2.10. The quantitative estimate of drug-likeness (QED) is 0.718. The molecule has 0 heterocycles. The SMILES string of the molecule is COc1ccc2c(c1)CC[C@@H]1CC(=O)C=C21. The zero-order valence-electron chi connectivity index (χ0n) is 9.32. The second-order valence-corrected chi connectivity index (χ2v) is 4.53. The van der Waals surface area contributed by atoms with E-state index in [2.05, 4.69) is 12.1 Å². The number of rotatable bonds is 1. The standard InChI is InChI=1S/C14H14O2/c1-16-12-4-5-13-10(7-12)3-2-9-6-11(15)8-14(9)13/h4-5,7-9H,2-3,6H2,1H3/t9-/m1/s1. The van der Waals surface area contributed by atoms with Gasteiger partial charge in [0, 0.05) is 6.42 Å². The minimum absolute atomic E-state index is 0.281. The number of benzene rings is 1. The highest BCUT2D eigenvalue weighted by Gasteiger charge is 2.30. The largest absolute Gasteiger partial charge is 0.497 e. The van der Waals surface area contributed by atoms with Gasteiger partial charge in [-0.1, -0.05) is 6.07 Å². The summed E-state index contributed by atoms with van der Waals surface area (Å²) in [6.45, 7) is 0.